The molecule has 3 nitrogen and oxygen atoms in total. The van der Waals surface area contributed by atoms with Crippen molar-refractivity contribution < 1.29 is 4.79 Å². The Kier molecular flexibility index (Phi) is 3.27. The summed E-state index contributed by atoms with van der Waals surface area (Å²) in [5, 5.41) is 2.08. The van der Waals surface area contributed by atoms with Crippen molar-refractivity contribution in [1.82, 2.24) is 9.88 Å². The number of amides is 1. The zero-order chi connectivity index (χ0) is 10.0. The van der Waals surface area contributed by atoms with Gasteiger partial charge in [-0.25, -0.2) is 4.98 Å². The third kappa shape index (κ3) is 2.42. The fourth-order valence-corrected chi connectivity index (χ4v) is 1.87. The summed E-state index contributed by atoms with van der Waals surface area (Å²) in [5.41, 5.74) is 0.642. The first kappa shape index (κ1) is 10.5. The van der Waals surface area contributed by atoms with Crippen LogP contribution >= 0.6 is 22.9 Å². The first-order valence-corrected chi connectivity index (χ1v) is 5.11. The second-order valence-corrected chi connectivity index (χ2v) is 4.39. The van der Waals surface area contributed by atoms with Crippen molar-refractivity contribution in [1.29, 1.82) is 0 Å². The number of thiazole rings is 1. The highest BCUT2D eigenvalue weighted by Gasteiger charge is 2.21. The minimum Gasteiger partial charge on any atom is -0.347 e. The Hall–Kier alpha value is -0.610. The number of nitrogens with zero attached hydrogens (tertiary/aromatic N) is 2. The summed E-state index contributed by atoms with van der Waals surface area (Å²) in [7, 11) is 3.36. The topological polar surface area (TPSA) is 33.2 Å². The third-order valence-electron chi connectivity index (χ3n) is 1.55. The van der Waals surface area contributed by atoms with Crippen LogP contribution in [-0.2, 0) is 4.79 Å². The molecule has 1 amide bonds. The molecule has 1 aromatic rings. The lowest BCUT2D eigenvalue weighted by atomic mass is 10.3. The molecule has 0 bridgehead atoms. The predicted molar refractivity (Wildman–Crippen MR) is 54.1 cm³/mol. The van der Waals surface area contributed by atoms with Crippen LogP contribution in [-0.4, -0.2) is 29.9 Å². The van der Waals surface area contributed by atoms with Gasteiger partial charge in [0, 0.05) is 19.5 Å². The van der Waals surface area contributed by atoms with E-state index >= 15 is 0 Å². The molecule has 0 radical (unpaired) electrons. The average molecular weight is 219 g/mol. The maximum absolute atomic E-state index is 11.4. The number of likely N-dealkylation sites (N-methyl/N-ethyl adjacent to an activating group) is 1. The van der Waals surface area contributed by atoms with Crippen LogP contribution in [0.3, 0.4) is 0 Å². The van der Waals surface area contributed by atoms with Gasteiger partial charge in [-0.05, 0) is 6.92 Å². The standard InChI is InChI=1S/C8H11ClN2OS/c1-5-10-6(4-13-5)7(9)8(12)11(2)3/h4,7H,1-3H3. The van der Waals surface area contributed by atoms with E-state index in [1.165, 1.54) is 16.2 Å². The zero-order valence-corrected chi connectivity index (χ0v) is 9.32. The van der Waals surface area contributed by atoms with Gasteiger partial charge in [-0.1, -0.05) is 0 Å². The molecule has 1 atom stereocenters. The van der Waals surface area contributed by atoms with E-state index in [0.29, 0.717) is 5.69 Å². The van der Waals surface area contributed by atoms with Crippen LogP contribution in [0.15, 0.2) is 5.38 Å². The van der Waals surface area contributed by atoms with Crippen molar-refractivity contribution in [3.05, 3.63) is 16.1 Å². The van der Waals surface area contributed by atoms with E-state index in [1.54, 1.807) is 14.1 Å². The number of alkyl halides is 1. The van der Waals surface area contributed by atoms with Crippen LogP contribution < -0.4 is 0 Å². The minimum atomic E-state index is -0.653. The number of rotatable bonds is 2. The predicted octanol–water partition coefficient (Wildman–Crippen LogP) is 1.82. The van der Waals surface area contributed by atoms with Crippen molar-refractivity contribution in [2.24, 2.45) is 0 Å². The zero-order valence-electron chi connectivity index (χ0n) is 7.74. The molecule has 1 heterocycles. The highest BCUT2D eigenvalue weighted by Crippen LogP contribution is 2.23. The van der Waals surface area contributed by atoms with Crippen LogP contribution in [0, 0.1) is 6.92 Å². The molecule has 0 spiro atoms. The van der Waals surface area contributed by atoms with E-state index in [4.69, 9.17) is 11.6 Å². The van der Waals surface area contributed by atoms with Crippen molar-refractivity contribution in [3.8, 4) is 0 Å². The number of halogens is 1. The largest absolute Gasteiger partial charge is 0.347 e. The maximum atomic E-state index is 11.4. The molecule has 0 saturated carbocycles. The van der Waals surface area contributed by atoms with Crippen molar-refractivity contribution in [2.45, 2.75) is 12.3 Å². The molecule has 5 heteroatoms. The fourth-order valence-electron chi connectivity index (χ4n) is 0.850. The highest BCUT2D eigenvalue weighted by molar-refractivity contribution is 7.09. The van der Waals surface area contributed by atoms with Crippen molar-refractivity contribution in [3.63, 3.8) is 0 Å². The molecule has 1 rings (SSSR count). The van der Waals surface area contributed by atoms with Gasteiger partial charge in [0.05, 0.1) is 10.7 Å². The minimum absolute atomic E-state index is 0.132. The van der Waals surface area contributed by atoms with E-state index in [1.807, 2.05) is 12.3 Å². The number of hydrogen-bond acceptors (Lipinski definition) is 3. The van der Waals surface area contributed by atoms with E-state index in [0.717, 1.165) is 5.01 Å². The van der Waals surface area contributed by atoms with Crippen LogP contribution in [0.4, 0.5) is 0 Å². The van der Waals surface area contributed by atoms with Gasteiger partial charge in [-0.15, -0.1) is 22.9 Å². The van der Waals surface area contributed by atoms with Gasteiger partial charge in [0.2, 0.25) is 5.91 Å². The second-order valence-electron chi connectivity index (χ2n) is 2.89. The van der Waals surface area contributed by atoms with Crippen LogP contribution in [0.2, 0.25) is 0 Å². The van der Waals surface area contributed by atoms with Gasteiger partial charge in [-0.3, -0.25) is 4.79 Å². The molecule has 0 N–H and O–H groups in total. The quantitative estimate of drug-likeness (QED) is 0.710. The molecule has 0 fully saturated rings. The van der Waals surface area contributed by atoms with Gasteiger partial charge in [-0.2, -0.15) is 0 Å². The summed E-state index contributed by atoms with van der Waals surface area (Å²) in [5.74, 6) is -0.132. The van der Waals surface area contributed by atoms with Crippen molar-refractivity contribution in [2.75, 3.05) is 14.1 Å². The van der Waals surface area contributed by atoms with Gasteiger partial charge < -0.3 is 4.90 Å². The molecule has 1 aromatic heterocycles. The summed E-state index contributed by atoms with van der Waals surface area (Å²) in [6.45, 7) is 1.89. The highest BCUT2D eigenvalue weighted by atomic mass is 35.5. The lowest BCUT2D eigenvalue weighted by molar-refractivity contribution is -0.128. The van der Waals surface area contributed by atoms with Crippen LogP contribution in [0.1, 0.15) is 16.1 Å². The number of carbonyl (C=O) groups is 1. The lowest BCUT2D eigenvalue weighted by Crippen LogP contribution is -2.25. The number of hydrogen-bond donors (Lipinski definition) is 0. The summed E-state index contributed by atoms with van der Waals surface area (Å²) in [6, 6.07) is 0. The van der Waals surface area contributed by atoms with E-state index in [-0.39, 0.29) is 5.91 Å². The smallest absolute Gasteiger partial charge is 0.246 e. The summed E-state index contributed by atoms with van der Waals surface area (Å²) < 4.78 is 0. The average Bonchev–Trinajstić information content (AvgIpc) is 2.49. The number of carbonyl (C=O) groups excluding carboxylic acids is 1. The molecular formula is C8H11ClN2OS. The SMILES string of the molecule is Cc1nc(C(Cl)C(=O)N(C)C)cs1. The lowest BCUT2D eigenvalue weighted by Gasteiger charge is -2.13. The monoisotopic (exact) mass is 218 g/mol. The Labute approximate surface area is 86.3 Å². The fraction of sp³-hybridized carbons (Fsp3) is 0.500. The summed E-state index contributed by atoms with van der Waals surface area (Å²) >= 11 is 7.41. The van der Waals surface area contributed by atoms with E-state index in [2.05, 4.69) is 4.98 Å². The van der Waals surface area contributed by atoms with Crippen LogP contribution in [0.5, 0.6) is 0 Å². The molecular weight excluding hydrogens is 208 g/mol. The van der Waals surface area contributed by atoms with Gasteiger partial charge in [0.25, 0.3) is 0 Å². The molecule has 72 valence electrons. The van der Waals surface area contributed by atoms with Crippen LogP contribution in [0.25, 0.3) is 0 Å². The first-order chi connectivity index (χ1) is 6.02. The molecule has 0 aliphatic heterocycles. The van der Waals surface area contributed by atoms with Gasteiger partial charge >= 0.3 is 0 Å². The Morgan fingerprint density at radius 1 is 1.69 bits per heavy atom. The second kappa shape index (κ2) is 4.07. The molecule has 0 aliphatic rings. The third-order valence-corrected chi connectivity index (χ3v) is 2.76. The summed E-state index contributed by atoms with van der Waals surface area (Å²) in [6.07, 6.45) is 0. The Balaban J connectivity index is 2.79. The molecule has 0 aliphatic carbocycles. The molecule has 0 saturated heterocycles. The Morgan fingerprint density at radius 2 is 2.31 bits per heavy atom. The van der Waals surface area contributed by atoms with E-state index in [9.17, 15) is 4.79 Å². The van der Waals surface area contributed by atoms with E-state index < -0.39 is 5.38 Å². The Morgan fingerprint density at radius 3 is 2.69 bits per heavy atom. The molecule has 0 aromatic carbocycles. The molecule has 13 heavy (non-hydrogen) atoms. The Bertz CT molecular complexity index is 311. The van der Waals surface area contributed by atoms with Gasteiger partial charge in [0.1, 0.15) is 0 Å². The maximum Gasteiger partial charge on any atom is 0.246 e. The van der Waals surface area contributed by atoms with Crippen molar-refractivity contribution >= 4 is 28.8 Å². The first-order valence-electron chi connectivity index (χ1n) is 3.79. The molecule has 1 unspecified atom stereocenters. The summed E-state index contributed by atoms with van der Waals surface area (Å²) in [4.78, 5) is 17.0. The number of aromatic nitrogens is 1. The number of aryl methyl sites for hydroxylation is 1. The van der Waals surface area contributed by atoms with Gasteiger partial charge in [0.15, 0.2) is 5.38 Å². The normalized spacial score (nSPS) is 12.6.